The fourth-order valence-corrected chi connectivity index (χ4v) is 3.75. The van der Waals surface area contributed by atoms with Crippen molar-refractivity contribution in [2.24, 2.45) is 5.73 Å². The SMILES string of the molecule is CCN(C1CCCCC1)C(c1cccc(C)c1)C(C)N. The lowest BCUT2D eigenvalue weighted by Gasteiger charge is -2.41. The first-order valence-corrected chi connectivity index (χ1v) is 8.21. The van der Waals surface area contributed by atoms with Crippen LogP contribution in [0.4, 0.5) is 0 Å². The van der Waals surface area contributed by atoms with Crippen molar-refractivity contribution in [1.82, 2.24) is 4.90 Å². The molecule has 2 N–H and O–H groups in total. The molecule has 2 atom stereocenters. The molecule has 1 aliphatic carbocycles. The van der Waals surface area contributed by atoms with E-state index in [-0.39, 0.29) is 6.04 Å². The maximum atomic E-state index is 6.36. The van der Waals surface area contributed by atoms with E-state index in [0.29, 0.717) is 12.1 Å². The first kappa shape index (κ1) is 15.5. The van der Waals surface area contributed by atoms with E-state index in [9.17, 15) is 0 Å². The van der Waals surface area contributed by atoms with Crippen LogP contribution >= 0.6 is 0 Å². The quantitative estimate of drug-likeness (QED) is 0.878. The van der Waals surface area contributed by atoms with E-state index in [2.05, 4.69) is 49.9 Å². The average Bonchev–Trinajstić information content (AvgIpc) is 2.45. The Kier molecular flexibility index (Phi) is 5.62. The summed E-state index contributed by atoms with van der Waals surface area (Å²) in [4.78, 5) is 2.65. The Balaban J connectivity index is 2.25. The minimum Gasteiger partial charge on any atom is -0.326 e. The third kappa shape index (κ3) is 3.62. The first-order chi connectivity index (χ1) is 9.63. The number of nitrogens with two attached hydrogens (primary N) is 1. The summed E-state index contributed by atoms with van der Waals surface area (Å²) < 4.78 is 0. The molecule has 1 aromatic carbocycles. The van der Waals surface area contributed by atoms with Crippen LogP contribution in [0.1, 0.15) is 63.1 Å². The molecule has 0 saturated heterocycles. The highest BCUT2D eigenvalue weighted by molar-refractivity contribution is 5.26. The summed E-state index contributed by atoms with van der Waals surface area (Å²) in [6.07, 6.45) is 6.83. The standard InChI is InChI=1S/C18H30N2/c1-4-20(17-11-6-5-7-12-17)18(15(3)19)16-10-8-9-14(2)13-16/h8-10,13,15,17-18H,4-7,11-12,19H2,1-3H3. The Labute approximate surface area is 124 Å². The van der Waals surface area contributed by atoms with Gasteiger partial charge < -0.3 is 5.73 Å². The Morgan fingerprint density at radius 2 is 1.95 bits per heavy atom. The van der Waals surface area contributed by atoms with E-state index in [4.69, 9.17) is 5.73 Å². The van der Waals surface area contributed by atoms with Crippen molar-refractivity contribution in [2.45, 2.75) is 71.0 Å². The molecule has 2 unspecified atom stereocenters. The molecule has 0 radical (unpaired) electrons. The van der Waals surface area contributed by atoms with Crippen LogP contribution < -0.4 is 5.73 Å². The fraction of sp³-hybridized carbons (Fsp3) is 0.667. The molecule has 2 rings (SSSR count). The minimum absolute atomic E-state index is 0.165. The molecular formula is C18H30N2. The Bertz CT molecular complexity index is 408. The number of aryl methyl sites for hydroxylation is 1. The van der Waals surface area contributed by atoms with Crippen molar-refractivity contribution in [3.8, 4) is 0 Å². The van der Waals surface area contributed by atoms with Gasteiger partial charge in [0.15, 0.2) is 0 Å². The van der Waals surface area contributed by atoms with Gasteiger partial charge in [-0.05, 0) is 38.8 Å². The number of rotatable bonds is 5. The molecular weight excluding hydrogens is 244 g/mol. The number of likely N-dealkylation sites (N-methyl/N-ethyl adjacent to an activating group) is 1. The smallest absolute Gasteiger partial charge is 0.0499 e. The second-order valence-corrected chi connectivity index (χ2v) is 6.34. The molecule has 20 heavy (non-hydrogen) atoms. The third-order valence-electron chi connectivity index (χ3n) is 4.65. The molecule has 1 aromatic rings. The summed E-state index contributed by atoms with van der Waals surface area (Å²) in [5, 5.41) is 0. The van der Waals surface area contributed by atoms with Gasteiger partial charge in [-0.25, -0.2) is 0 Å². The summed E-state index contributed by atoms with van der Waals surface area (Å²) in [6, 6.07) is 10.1. The van der Waals surface area contributed by atoms with Crippen LogP contribution in [0, 0.1) is 6.92 Å². The van der Waals surface area contributed by atoms with E-state index in [1.165, 1.54) is 43.2 Å². The molecule has 2 heteroatoms. The van der Waals surface area contributed by atoms with Gasteiger partial charge in [0.05, 0.1) is 0 Å². The summed E-state index contributed by atoms with van der Waals surface area (Å²) in [7, 11) is 0. The second kappa shape index (κ2) is 7.24. The lowest BCUT2D eigenvalue weighted by Crippen LogP contribution is -2.45. The van der Waals surface area contributed by atoms with Crippen molar-refractivity contribution in [3.05, 3.63) is 35.4 Å². The van der Waals surface area contributed by atoms with Crippen LogP contribution in [-0.4, -0.2) is 23.5 Å². The van der Waals surface area contributed by atoms with Crippen LogP contribution in [0.5, 0.6) is 0 Å². The monoisotopic (exact) mass is 274 g/mol. The van der Waals surface area contributed by atoms with Gasteiger partial charge in [0, 0.05) is 18.1 Å². The Morgan fingerprint density at radius 3 is 2.50 bits per heavy atom. The van der Waals surface area contributed by atoms with E-state index in [1.54, 1.807) is 0 Å². The van der Waals surface area contributed by atoms with Gasteiger partial charge >= 0.3 is 0 Å². The van der Waals surface area contributed by atoms with Gasteiger partial charge in [0.25, 0.3) is 0 Å². The molecule has 0 amide bonds. The zero-order valence-corrected chi connectivity index (χ0v) is 13.3. The van der Waals surface area contributed by atoms with Crippen molar-refractivity contribution in [3.63, 3.8) is 0 Å². The topological polar surface area (TPSA) is 29.3 Å². The van der Waals surface area contributed by atoms with Crippen molar-refractivity contribution < 1.29 is 0 Å². The Hall–Kier alpha value is -0.860. The average molecular weight is 274 g/mol. The predicted molar refractivity (Wildman–Crippen MR) is 86.8 cm³/mol. The third-order valence-corrected chi connectivity index (χ3v) is 4.65. The van der Waals surface area contributed by atoms with Gasteiger partial charge in [0.2, 0.25) is 0 Å². The van der Waals surface area contributed by atoms with Crippen molar-refractivity contribution in [2.75, 3.05) is 6.54 Å². The largest absolute Gasteiger partial charge is 0.326 e. The molecule has 1 saturated carbocycles. The van der Waals surface area contributed by atoms with Crippen molar-refractivity contribution in [1.29, 1.82) is 0 Å². The molecule has 1 fully saturated rings. The van der Waals surface area contributed by atoms with Crippen molar-refractivity contribution >= 4 is 0 Å². The molecule has 1 aliphatic rings. The normalized spacial score (nSPS) is 20.1. The zero-order valence-electron chi connectivity index (χ0n) is 13.3. The number of hydrogen-bond acceptors (Lipinski definition) is 2. The molecule has 112 valence electrons. The predicted octanol–water partition coefficient (Wildman–Crippen LogP) is 4.04. The molecule has 0 heterocycles. The molecule has 2 nitrogen and oxygen atoms in total. The summed E-state index contributed by atoms with van der Waals surface area (Å²) in [5.41, 5.74) is 9.07. The lowest BCUT2D eigenvalue weighted by atomic mass is 9.90. The van der Waals surface area contributed by atoms with Gasteiger partial charge in [-0.15, -0.1) is 0 Å². The highest BCUT2D eigenvalue weighted by Gasteiger charge is 2.29. The van der Waals surface area contributed by atoms with E-state index in [1.807, 2.05) is 0 Å². The zero-order chi connectivity index (χ0) is 14.5. The maximum Gasteiger partial charge on any atom is 0.0499 e. The minimum atomic E-state index is 0.165. The summed E-state index contributed by atoms with van der Waals surface area (Å²) >= 11 is 0. The van der Waals surface area contributed by atoms with Gasteiger partial charge in [0.1, 0.15) is 0 Å². The molecule has 0 aliphatic heterocycles. The van der Waals surface area contributed by atoms with Crippen LogP contribution in [0.2, 0.25) is 0 Å². The first-order valence-electron chi connectivity index (χ1n) is 8.21. The van der Waals surface area contributed by atoms with Gasteiger partial charge in [-0.2, -0.15) is 0 Å². The van der Waals surface area contributed by atoms with E-state index in [0.717, 1.165) is 6.54 Å². The fourth-order valence-electron chi connectivity index (χ4n) is 3.75. The molecule has 0 aromatic heterocycles. The van der Waals surface area contributed by atoms with E-state index >= 15 is 0 Å². The van der Waals surface area contributed by atoms with Crippen LogP contribution in [-0.2, 0) is 0 Å². The van der Waals surface area contributed by atoms with Crippen LogP contribution in [0.15, 0.2) is 24.3 Å². The van der Waals surface area contributed by atoms with E-state index < -0.39 is 0 Å². The highest BCUT2D eigenvalue weighted by Crippen LogP contribution is 2.31. The molecule has 0 bridgehead atoms. The van der Waals surface area contributed by atoms with Gasteiger partial charge in [-0.1, -0.05) is 56.0 Å². The molecule has 0 spiro atoms. The number of benzene rings is 1. The maximum absolute atomic E-state index is 6.36. The van der Waals surface area contributed by atoms with Crippen LogP contribution in [0.3, 0.4) is 0 Å². The summed E-state index contributed by atoms with van der Waals surface area (Å²) in [6.45, 7) is 7.68. The lowest BCUT2D eigenvalue weighted by molar-refractivity contribution is 0.0974. The van der Waals surface area contributed by atoms with Crippen LogP contribution in [0.25, 0.3) is 0 Å². The number of nitrogens with zero attached hydrogens (tertiary/aromatic N) is 1. The van der Waals surface area contributed by atoms with Gasteiger partial charge in [-0.3, -0.25) is 4.90 Å². The summed E-state index contributed by atoms with van der Waals surface area (Å²) in [5.74, 6) is 0. The second-order valence-electron chi connectivity index (χ2n) is 6.34. The number of hydrogen-bond donors (Lipinski definition) is 1. The highest BCUT2D eigenvalue weighted by atomic mass is 15.2. The Morgan fingerprint density at radius 1 is 1.25 bits per heavy atom.